The van der Waals surface area contributed by atoms with E-state index >= 15 is 4.39 Å². The lowest BCUT2D eigenvalue weighted by Gasteiger charge is -2.46. The minimum absolute atomic E-state index is 0.0220. The molecule has 2 N–H and O–H groups in total. The average Bonchev–Trinajstić information content (AvgIpc) is 3.52. The second-order valence-electron chi connectivity index (χ2n) is 12.2. The molecule has 4 aromatic rings. The number of hydrogen-bond acceptors (Lipinski definition) is 8. The zero-order valence-corrected chi connectivity index (χ0v) is 23.8. The third kappa shape index (κ3) is 4.26. The van der Waals surface area contributed by atoms with Gasteiger partial charge in [-0.3, -0.25) is 9.88 Å². The average molecular weight is 603 g/mol. The van der Waals surface area contributed by atoms with Crippen LogP contribution in [0.4, 0.5) is 19.0 Å². The Morgan fingerprint density at radius 1 is 1.23 bits per heavy atom. The van der Waals surface area contributed by atoms with Crippen LogP contribution in [0.2, 0.25) is 0 Å². The van der Waals surface area contributed by atoms with Gasteiger partial charge in [-0.25, -0.2) is 13.2 Å². The zero-order chi connectivity index (χ0) is 32.0. The Labute approximate surface area is 255 Å². The van der Waals surface area contributed by atoms with Crippen molar-refractivity contribution < 1.29 is 25.8 Å². The lowest BCUT2D eigenvalue weighted by atomic mass is 9.92. The third-order valence-corrected chi connectivity index (χ3v) is 9.63. The fourth-order valence-corrected chi connectivity index (χ4v) is 7.49. The predicted octanol–water partition coefficient (Wildman–Crippen LogP) is 4.71. The molecule has 2 unspecified atom stereocenters. The molecule has 5 aliphatic heterocycles. The molecule has 2 aromatic carbocycles. The number of aromatic nitrogens is 3. The molecule has 5 saturated heterocycles. The van der Waals surface area contributed by atoms with Crippen molar-refractivity contribution in [3.05, 3.63) is 47.7 Å². The lowest BCUT2D eigenvalue weighted by molar-refractivity contribution is 0.107. The number of phenolic OH excluding ortho intramolecular Hbond substituents is 1. The van der Waals surface area contributed by atoms with E-state index in [9.17, 15) is 13.9 Å². The van der Waals surface area contributed by atoms with Crippen molar-refractivity contribution in [3.8, 4) is 35.4 Å². The van der Waals surface area contributed by atoms with Gasteiger partial charge < -0.3 is 20.1 Å². The molecule has 5 fully saturated rings. The summed E-state index contributed by atoms with van der Waals surface area (Å²) in [5.41, 5.74) is -1.11. The first-order valence-electron chi connectivity index (χ1n) is 15.9. The molecular weight excluding hydrogens is 569 g/mol. The van der Waals surface area contributed by atoms with Crippen LogP contribution in [-0.2, 0) is 0 Å². The van der Waals surface area contributed by atoms with Crippen LogP contribution in [0, 0.1) is 24.0 Å². The number of halogens is 3. The summed E-state index contributed by atoms with van der Waals surface area (Å²) in [6.45, 7) is -0.365. The number of fused-ring (bicyclic) bond motifs is 6. The highest BCUT2D eigenvalue weighted by molar-refractivity contribution is 6.03. The number of ether oxygens (including phenoxy) is 1. The highest BCUT2D eigenvalue weighted by atomic mass is 19.1. The number of anilines is 1. The molecule has 2 bridgehead atoms. The van der Waals surface area contributed by atoms with Gasteiger partial charge in [0.1, 0.15) is 41.4 Å². The topological polar surface area (TPSA) is 86.6 Å². The fraction of sp³-hybridized carbons (Fsp3) is 0.424. The number of nitrogens with zero attached hydrogens (tertiary/aromatic N) is 5. The van der Waals surface area contributed by atoms with E-state index < -0.39 is 29.8 Å². The van der Waals surface area contributed by atoms with Crippen LogP contribution < -0.4 is 15.0 Å². The molecule has 5 aliphatic rings. The molecule has 0 amide bonds. The van der Waals surface area contributed by atoms with E-state index in [0.29, 0.717) is 29.6 Å². The number of alkyl halides is 1. The molecule has 0 aliphatic carbocycles. The molecule has 4 atom stereocenters. The maximum absolute atomic E-state index is 16.8. The standard InChI is InChI=1S/C33H31F3N6O2/c1-2-23-26(35)7-4-18-10-22(43)11-24(27(18)23)29-28(36)30-25(14-38-29)31(42-16-20-5-6-21(42)13-37-20)40-32(39-30)44-17-33-8-3-9-41(33)15-19(34)12-33/h1,4,7,10-11,14,19-21,37,43H,3,5-6,8-9,12-13,15-17H2/t19-,20?,21?,33+/m0/s1/i9D2. The number of aromatic hydroxyl groups is 1. The number of piperazine rings is 1. The summed E-state index contributed by atoms with van der Waals surface area (Å²) < 4.78 is 69.2. The highest BCUT2D eigenvalue weighted by Gasteiger charge is 2.49. The van der Waals surface area contributed by atoms with Crippen molar-refractivity contribution in [2.24, 2.45) is 0 Å². The molecule has 8 nitrogen and oxygen atoms in total. The smallest absolute Gasteiger partial charge is 0.319 e. The molecule has 44 heavy (non-hydrogen) atoms. The summed E-state index contributed by atoms with van der Waals surface area (Å²) in [4.78, 5) is 17.4. The summed E-state index contributed by atoms with van der Waals surface area (Å²) in [6.07, 6.45) is 8.66. The summed E-state index contributed by atoms with van der Waals surface area (Å²) in [5.74, 6) is 1.14. The zero-order valence-electron chi connectivity index (χ0n) is 25.8. The number of benzene rings is 2. The van der Waals surface area contributed by atoms with Crippen molar-refractivity contribution in [1.82, 2.24) is 25.2 Å². The van der Waals surface area contributed by atoms with Crippen molar-refractivity contribution >= 4 is 27.5 Å². The minimum Gasteiger partial charge on any atom is -0.508 e. The minimum atomic E-state index is -1.66. The van der Waals surface area contributed by atoms with E-state index in [2.05, 4.69) is 26.1 Å². The summed E-state index contributed by atoms with van der Waals surface area (Å²) in [5, 5.41) is 15.0. The predicted molar refractivity (Wildman–Crippen MR) is 160 cm³/mol. The van der Waals surface area contributed by atoms with Gasteiger partial charge in [0.05, 0.1) is 16.5 Å². The molecule has 9 rings (SSSR count). The van der Waals surface area contributed by atoms with E-state index in [1.807, 2.05) is 0 Å². The van der Waals surface area contributed by atoms with E-state index in [1.54, 1.807) is 4.90 Å². The monoisotopic (exact) mass is 602 g/mol. The Morgan fingerprint density at radius 3 is 2.89 bits per heavy atom. The molecule has 0 spiro atoms. The van der Waals surface area contributed by atoms with Gasteiger partial charge in [0.2, 0.25) is 0 Å². The second kappa shape index (κ2) is 10.2. The number of phenols is 1. The Hall–Kier alpha value is -4.14. The lowest BCUT2D eigenvalue weighted by Crippen LogP contribution is -2.61. The van der Waals surface area contributed by atoms with Crippen LogP contribution in [0.3, 0.4) is 0 Å². The van der Waals surface area contributed by atoms with Crippen molar-refractivity contribution in [3.63, 3.8) is 0 Å². The molecule has 226 valence electrons. The van der Waals surface area contributed by atoms with Gasteiger partial charge in [0.25, 0.3) is 0 Å². The molecule has 11 heteroatoms. The van der Waals surface area contributed by atoms with Crippen molar-refractivity contribution in [1.29, 1.82) is 0 Å². The van der Waals surface area contributed by atoms with E-state index in [4.69, 9.17) is 18.9 Å². The SMILES string of the molecule is [2H]C1([2H])CC[C@]2(COc3nc(N4CC5CCC4CN5)c4cnc(-c5cc(O)cc6ccc(F)c(C#C)c56)c(F)c4n3)C[C@H](F)CN12. The van der Waals surface area contributed by atoms with E-state index in [1.165, 1.54) is 30.5 Å². The number of hydrogen-bond donors (Lipinski definition) is 2. The van der Waals surface area contributed by atoms with Gasteiger partial charge in [0.15, 0.2) is 5.82 Å². The first-order valence-corrected chi connectivity index (χ1v) is 14.9. The maximum atomic E-state index is 16.8. The number of rotatable bonds is 5. The molecule has 0 radical (unpaired) electrons. The Morgan fingerprint density at radius 2 is 2.11 bits per heavy atom. The molecular formula is C33H31F3N6O2. The fourth-order valence-electron chi connectivity index (χ4n) is 7.49. The van der Waals surface area contributed by atoms with Crippen molar-refractivity contribution in [2.75, 3.05) is 37.6 Å². The largest absolute Gasteiger partial charge is 0.508 e. The van der Waals surface area contributed by atoms with Crippen LogP contribution in [0.15, 0.2) is 30.5 Å². The number of terminal acetylenes is 1. The van der Waals surface area contributed by atoms with Gasteiger partial charge in [-0.2, -0.15) is 9.97 Å². The van der Waals surface area contributed by atoms with Gasteiger partial charge in [0, 0.05) is 58.0 Å². The van der Waals surface area contributed by atoms with Crippen LogP contribution in [0.5, 0.6) is 11.8 Å². The quantitative estimate of drug-likeness (QED) is 0.318. The summed E-state index contributed by atoms with van der Waals surface area (Å²) in [7, 11) is 0. The Bertz CT molecular complexity index is 1950. The number of nitrogens with one attached hydrogen (secondary N) is 1. The van der Waals surface area contributed by atoms with Crippen molar-refractivity contribution in [2.45, 2.75) is 55.9 Å². The summed E-state index contributed by atoms with van der Waals surface area (Å²) in [6, 6.07) is 5.59. The molecule has 2 aromatic heterocycles. The first-order chi connectivity index (χ1) is 22.1. The summed E-state index contributed by atoms with van der Waals surface area (Å²) >= 11 is 0. The maximum Gasteiger partial charge on any atom is 0.319 e. The van der Waals surface area contributed by atoms with E-state index in [-0.39, 0.29) is 77.6 Å². The molecule has 7 heterocycles. The normalized spacial score (nSPS) is 28.2. The Kier molecular flexibility index (Phi) is 5.85. The van der Waals surface area contributed by atoms with E-state index in [0.717, 1.165) is 19.4 Å². The second-order valence-corrected chi connectivity index (χ2v) is 12.2. The highest BCUT2D eigenvalue weighted by Crippen LogP contribution is 2.42. The number of pyridine rings is 1. The third-order valence-electron chi connectivity index (χ3n) is 9.63. The Balaban J connectivity index is 1.28. The van der Waals surface area contributed by atoms with Gasteiger partial charge in [-0.1, -0.05) is 12.0 Å². The molecule has 0 saturated carbocycles. The first kappa shape index (κ1) is 25.2. The van der Waals surface area contributed by atoms with Gasteiger partial charge in [-0.15, -0.1) is 6.42 Å². The number of piperidine rings is 2. The van der Waals surface area contributed by atoms with Crippen LogP contribution >= 0.6 is 0 Å². The van der Waals surface area contributed by atoms with Crippen LogP contribution in [0.25, 0.3) is 32.9 Å². The van der Waals surface area contributed by atoms with Gasteiger partial charge in [-0.05, 0) is 55.8 Å². The van der Waals surface area contributed by atoms with Crippen LogP contribution in [0.1, 0.15) is 40.4 Å². The van der Waals surface area contributed by atoms with Crippen LogP contribution in [-0.4, -0.2) is 81.5 Å². The van der Waals surface area contributed by atoms with Gasteiger partial charge >= 0.3 is 6.01 Å².